The molecule has 1 fully saturated rings. The largest absolute Gasteiger partial charge is 0.306 e. The first-order chi connectivity index (χ1) is 9.21. The van der Waals surface area contributed by atoms with Crippen LogP contribution in [0.25, 0.3) is 0 Å². The van der Waals surface area contributed by atoms with Crippen molar-refractivity contribution in [3.05, 3.63) is 38.9 Å². The highest BCUT2D eigenvalue weighted by molar-refractivity contribution is 7.91. The van der Waals surface area contributed by atoms with Gasteiger partial charge >= 0.3 is 0 Å². The van der Waals surface area contributed by atoms with E-state index in [1.165, 1.54) is 12.1 Å². The first kappa shape index (κ1) is 15.2. The SMILES string of the molecule is CC1(NCc2ccc(Cl)c([N+](=O)[O-])c2)CCS(=O)(=O)C1. The summed E-state index contributed by atoms with van der Waals surface area (Å²) >= 11 is 5.74. The van der Waals surface area contributed by atoms with Crippen LogP contribution >= 0.6 is 11.6 Å². The number of nitro benzene ring substituents is 1. The van der Waals surface area contributed by atoms with Gasteiger partial charge in [0.05, 0.1) is 16.4 Å². The minimum absolute atomic E-state index is 0.0911. The Balaban J connectivity index is 2.08. The highest BCUT2D eigenvalue weighted by atomic mass is 35.5. The topological polar surface area (TPSA) is 89.3 Å². The lowest BCUT2D eigenvalue weighted by Gasteiger charge is -2.24. The Morgan fingerprint density at radius 2 is 2.20 bits per heavy atom. The van der Waals surface area contributed by atoms with Crippen molar-refractivity contribution in [3.63, 3.8) is 0 Å². The third-order valence-corrected chi connectivity index (χ3v) is 5.65. The van der Waals surface area contributed by atoms with Gasteiger partial charge in [-0.05, 0) is 25.0 Å². The number of nitrogens with zero attached hydrogens (tertiary/aromatic N) is 1. The number of rotatable bonds is 4. The van der Waals surface area contributed by atoms with Crippen LogP contribution in [0.3, 0.4) is 0 Å². The monoisotopic (exact) mass is 318 g/mol. The molecule has 1 aromatic rings. The highest BCUT2D eigenvalue weighted by Crippen LogP contribution is 2.26. The van der Waals surface area contributed by atoms with Gasteiger partial charge in [-0.15, -0.1) is 0 Å². The van der Waals surface area contributed by atoms with Crippen LogP contribution in [0.15, 0.2) is 18.2 Å². The molecule has 0 bridgehead atoms. The summed E-state index contributed by atoms with van der Waals surface area (Å²) in [5.41, 5.74) is 0.0783. The van der Waals surface area contributed by atoms with Crippen molar-refractivity contribution >= 4 is 27.1 Å². The molecule has 0 amide bonds. The molecule has 8 heteroatoms. The van der Waals surface area contributed by atoms with E-state index in [0.717, 1.165) is 0 Å². The fraction of sp³-hybridized carbons (Fsp3) is 0.500. The van der Waals surface area contributed by atoms with Crippen LogP contribution < -0.4 is 5.32 Å². The van der Waals surface area contributed by atoms with E-state index in [1.54, 1.807) is 6.07 Å². The number of hydrogen-bond acceptors (Lipinski definition) is 5. The highest BCUT2D eigenvalue weighted by Gasteiger charge is 2.37. The van der Waals surface area contributed by atoms with Gasteiger partial charge in [0.1, 0.15) is 5.02 Å². The van der Waals surface area contributed by atoms with Crippen LogP contribution in [0.5, 0.6) is 0 Å². The van der Waals surface area contributed by atoms with Gasteiger partial charge in [-0.2, -0.15) is 0 Å². The number of halogens is 1. The smallest absolute Gasteiger partial charge is 0.288 e. The van der Waals surface area contributed by atoms with Crippen LogP contribution in [0, 0.1) is 10.1 Å². The molecule has 20 heavy (non-hydrogen) atoms. The van der Waals surface area contributed by atoms with Gasteiger partial charge in [-0.3, -0.25) is 10.1 Å². The summed E-state index contributed by atoms with van der Waals surface area (Å²) in [5, 5.41) is 14.1. The Morgan fingerprint density at radius 3 is 2.75 bits per heavy atom. The fourth-order valence-electron chi connectivity index (χ4n) is 2.27. The number of nitro groups is 1. The van der Waals surface area contributed by atoms with Gasteiger partial charge < -0.3 is 5.32 Å². The van der Waals surface area contributed by atoms with Crippen LogP contribution in [0.1, 0.15) is 18.9 Å². The first-order valence-corrected chi connectivity index (χ1v) is 8.29. The Morgan fingerprint density at radius 1 is 1.50 bits per heavy atom. The summed E-state index contributed by atoms with van der Waals surface area (Å²) in [6.45, 7) is 2.21. The minimum Gasteiger partial charge on any atom is -0.306 e. The maximum Gasteiger partial charge on any atom is 0.288 e. The quantitative estimate of drug-likeness (QED) is 0.676. The molecule has 1 aromatic carbocycles. The summed E-state index contributed by atoms with van der Waals surface area (Å²) in [7, 11) is -2.98. The van der Waals surface area contributed by atoms with Gasteiger partial charge in [0, 0.05) is 18.2 Å². The summed E-state index contributed by atoms with van der Waals surface area (Å²) in [5.74, 6) is 0.271. The zero-order valence-electron chi connectivity index (χ0n) is 10.9. The molecule has 1 aliphatic rings. The fourth-order valence-corrected chi connectivity index (χ4v) is 4.58. The molecule has 1 atom stereocenters. The van der Waals surface area contributed by atoms with Gasteiger partial charge in [-0.25, -0.2) is 8.42 Å². The molecule has 0 aliphatic carbocycles. The van der Waals surface area contributed by atoms with Crippen molar-refractivity contribution in [2.75, 3.05) is 11.5 Å². The molecule has 110 valence electrons. The third kappa shape index (κ3) is 3.47. The first-order valence-electron chi connectivity index (χ1n) is 6.09. The number of benzene rings is 1. The summed E-state index contributed by atoms with van der Waals surface area (Å²) in [6.07, 6.45) is 0.547. The van der Waals surface area contributed by atoms with Gasteiger partial charge in [0.15, 0.2) is 9.84 Å². The van der Waals surface area contributed by atoms with E-state index in [2.05, 4.69) is 5.32 Å². The van der Waals surface area contributed by atoms with E-state index in [4.69, 9.17) is 11.6 Å². The molecule has 1 heterocycles. The standard InChI is InChI=1S/C12H15ClN2O4S/c1-12(4-5-20(18,19)8-12)14-7-9-2-3-10(13)11(6-9)15(16)17/h2-3,6,14H,4-5,7-8H2,1H3. The Kier molecular flexibility index (Phi) is 4.04. The minimum atomic E-state index is -2.98. The molecular weight excluding hydrogens is 304 g/mol. The number of sulfone groups is 1. The maximum atomic E-state index is 11.5. The van der Waals surface area contributed by atoms with Crippen LogP contribution in [-0.4, -0.2) is 30.4 Å². The summed E-state index contributed by atoms with van der Waals surface area (Å²) < 4.78 is 23.0. The lowest BCUT2D eigenvalue weighted by molar-refractivity contribution is -0.384. The molecule has 0 radical (unpaired) electrons. The molecule has 1 aliphatic heterocycles. The Hall–Kier alpha value is -1.18. The molecule has 6 nitrogen and oxygen atoms in total. The molecule has 1 saturated heterocycles. The number of nitrogens with one attached hydrogen (secondary N) is 1. The van der Waals surface area contributed by atoms with Gasteiger partial charge in [0.2, 0.25) is 0 Å². The van der Waals surface area contributed by atoms with E-state index in [1.807, 2.05) is 6.92 Å². The summed E-state index contributed by atoms with van der Waals surface area (Å²) in [6, 6.07) is 4.57. The maximum absolute atomic E-state index is 11.5. The molecule has 0 spiro atoms. The van der Waals surface area contributed by atoms with E-state index < -0.39 is 20.3 Å². The molecular formula is C12H15ClN2O4S. The number of hydrogen-bond donors (Lipinski definition) is 1. The zero-order valence-corrected chi connectivity index (χ0v) is 12.5. The second-order valence-corrected chi connectivity index (χ2v) is 7.89. The van der Waals surface area contributed by atoms with Gasteiger partial charge in [-0.1, -0.05) is 17.7 Å². The van der Waals surface area contributed by atoms with E-state index in [-0.39, 0.29) is 22.2 Å². The molecule has 2 rings (SSSR count). The molecule has 1 N–H and O–H groups in total. The molecule has 0 aromatic heterocycles. The predicted molar refractivity (Wildman–Crippen MR) is 76.6 cm³/mol. The Labute approximate surface area is 122 Å². The summed E-state index contributed by atoms with van der Waals surface area (Å²) in [4.78, 5) is 10.3. The van der Waals surface area contributed by atoms with Crippen molar-refractivity contribution in [1.29, 1.82) is 0 Å². The Bertz CT molecular complexity index is 647. The van der Waals surface area contributed by atoms with E-state index >= 15 is 0 Å². The van der Waals surface area contributed by atoms with Crippen LogP contribution in [0.2, 0.25) is 5.02 Å². The van der Waals surface area contributed by atoms with Crippen molar-refractivity contribution in [2.45, 2.75) is 25.4 Å². The average molecular weight is 319 g/mol. The lowest BCUT2D eigenvalue weighted by Crippen LogP contribution is -2.42. The van der Waals surface area contributed by atoms with Crippen LogP contribution in [-0.2, 0) is 16.4 Å². The van der Waals surface area contributed by atoms with E-state index in [9.17, 15) is 18.5 Å². The third-order valence-electron chi connectivity index (χ3n) is 3.43. The van der Waals surface area contributed by atoms with Crippen molar-refractivity contribution in [1.82, 2.24) is 5.32 Å². The van der Waals surface area contributed by atoms with Crippen LogP contribution in [0.4, 0.5) is 5.69 Å². The van der Waals surface area contributed by atoms with Crippen molar-refractivity contribution < 1.29 is 13.3 Å². The van der Waals surface area contributed by atoms with Gasteiger partial charge in [0.25, 0.3) is 5.69 Å². The second-order valence-electron chi connectivity index (χ2n) is 5.30. The van der Waals surface area contributed by atoms with Crippen molar-refractivity contribution in [3.8, 4) is 0 Å². The molecule has 0 saturated carbocycles. The zero-order chi connectivity index (χ0) is 15.0. The average Bonchev–Trinajstić information content (AvgIpc) is 2.63. The van der Waals surface area contributed by atoms with Crippen molar-refractivity contribution in [2.24, 2.45) is 0 Å². The second kappa shape index (κ2) is 5.31. The predicted octanol–water partition coefficient (Wildman–Crippen LogP) is 1.92. The normalized spacial score (nSPS) is 24.7. The van der Waals surface area contributed by atoms with E-state index in [0.29, 0.717) is 18.5 Å². The lowest BCUT2D eigenvalue weighted by atomic mass is 10.0. The molecule has 1 unspecified atom stereocenters.